The number of carbonyl (C=O) groups is 2. The molecule has 1 rings (SSSR count). The van der Waals surface area contributed by atoms with Gasteiger partial charge in [-0.05, 0) is 13.8 Å². The van der Waals surface area contributed by atoms with E-state index in [-0.39, 0.29) is 17.3 Å². The highest BCUT2D eigenvalue weighted by atomic mass is 16.4. The largest absolute Gasteiger partial charge is 0.477 e. The summed E-state index contributed by atoms with van der Waals surface area (Å²) in [6.45, 7) is 3.29. The van der Waals surface area contributed by atoms with E-state index in [2.05, 4.69) is 15.3 Å². The fourth-order valence-corrected chi connectivity index (χ4v) is 1.39. The number of amides is 1. The first-order valence-corrected chi connectivity index (χ1v) is 5.37. The molecule has 0 aromatic carbocycles. The molecule has 0 fully saturated rings. The van der Waals surface area contributed by atoms with Crippen molar-refractivity contribution >= 4 is 17.7 Å². The first-order valence-electron chi connectivity index (χ1n) is 5.37. The molecule has 0 aliphatic carbocycles. The standard InChI is InChI=1S/C11H16N4O3/c1-6(10(16)15(3)4)13-9-8(11(17)18)5-12-7(2)14-9/h5-6H,1-4H3,(H,17,18)(H,12,13,14). The van der Waals surface area contributed by atoms with Gasteiger partial charge in [-0.15, -0.1) is 0 Å². The number of carboxylic acids is 1. The van der Waals surface area contributed by atoms with Crippen LogP contribution in [0.2, 0.25) is 0 Å². The van der Waals surface area contributed by atoms with Crippen LogP contribution in [0, 0.1) is 6.92 Å². The Bertz CT molecular complexity index is 473. The minimum Gasteiger partial charge on any atom is -0.477 e. The van der Waals surface area contributed by atoms with Gasteiger partial charge in [-0.2, -0.15) is 0 Å². The number of hydrogen-bond acceptors (Lipinski definition) is 5. The second-order valence-electron chi connectivity index (χ2n) is 4.08. The van der Waals surface area contributed by atoms with E-state index in [0.29, 0.717) is 5.82 Å². The maximum atomic E-state index is 11.7. The molecule has 7 heteroatoms. The van der Waals surface area contributed by atoms with Gasteiger partial charge in [0.1, 0.15) is 23.2 Å². The average Bonchev–Trinajstić information content (AvgIpc) is 2.27. The molecule has 98 valence electrons. The van der Waals surface area contributed by atoms with Gasteiger partial charge in [0.2, 0.25) is 5.91 Å². The lowest BCUT2D eigenvalue weighted by Gasteiger charge is -2.19. The Hall–Kier alpha value is -2.18. The molecule has 1 aromatic heterocycles. The van der Waals surface area contributed by atoms with Crippen LogP contribution in [0.1, 0.15) is 23.1 Å². The van der Waals surface area contributed by atoms with E-state index in [1.54, 1.807) is 27.9 Å². The molecule has 2 N–H and O–H groups in total. The summed E-state index contributed by atoms with van der Waals surface area (Å²) >= 11 is 0. The number of anilines is 1. The van der Waals surface area contributed by atoms with Crippen molar-refractivity contribution in [1.29, 1.82) is 0 Å². The quantitative estimate of drug-likeness (QED) is 0.804. The summed E-state index contributed by atoms with van der Waals surface area (Å²) < 4.78 is 0. The van der Waals surface area contributed by atoms with Gasteiger partial charge in [-0.1, -0.05) is 0 Å². The molecule has 0 saturated heterocycles. The number of nitrogens with zero attached hydrogens (tertiary/aromatic N) is 3. The Morgan fingerprint density at radius 3 is 2.56 bits per heavy atom. The molecule has 1 unspecified atom stereocenters. The van der Waals surface area contributed by atoms with Crippen LogP contribution in [-0.2, 0) is 4.79 Å². The molecule has 18 heavy (non-hydrogen) atoms. The summed E-state index contributed by atoms with van der Waals surface area (Å²) in [4.78, 5) is 31.9. The van der Waals surface area contributed by atoms with Gasteiger partial charge in [-0.3, -0.25) is 4.79 Å². The molecule has 1 heterocycles. The van der Waals surface area contributed by atoms with Crippen LogP contribution in [0.4, 0.5) is 5.82 Å². The third-order valence-electron chi connectivity index (χ3n) is 2.30. The van der Waals surface area contributed by atoms with E-state index in [9.17, 15) is 9.59 Å². The molecule has 7 nitrogen and oxygen atoms in total. The van der Waals surface area contributed by atoms with E-state index in [0.717, 1.165) is 0 Å². The number of aromatic nitrogens is 2. The fraction of sp³-hybridized carbons (Fsp3) is 0.455. The van der Waals surface area contributed by atoms with Crippen molar-refractivity contribution in [2.24, 2.45) is 0 Å². The van der Waals surface area contributed by atoms with E-state index in [1.807, 2.05) is 0 Å². The Morgan fingerprint density at radius 1 is 1.44 bits per heavy atom. The molecule has 0 bridgehead atoms. The van der Waals surface area contributed by atoms with Gasteiger partial charge < -0.3 is 15.3 Å². The monoisotopic (exact) mass is 252 g/mol. The van der Waals surface area contributed by atoms with Crippen molar-refractivity contribution in [3.63, 3.8) is 0 Å². The van der Waals surface area contributed by atoms with Crippen LogP contribution in [0.25, 0.3) is 0 Å². The molecule has 0 aliphatic heterocycles. The second-order valence-corrected chi connectivity index (χ2v) is 4.08. The molecule has 0 aliphatic rings. The smallest absolute Gasteiger partial charge is 0.341 e. The van der Waals surface area contributed by atoms with Crippen LogP contribution in [0.3, 0.4) is 0 Å². The number of rotatable bonds is 4. The number of aryl methyl sites for hydroxylation is 1. The van der Waals surface area contributed by atoms with Crippen LogP contribution >= 0.6 is 0 Å². The average molecular weight is 252 g/mol. The third-order valence-corrected chi connectivity index (χ3v) is 2.30. The van der Waals surface area contributed by atoms with E-state index >= 15 is 0 Å². The zero-order valence-electron chi connectivity index (χ0n) is 10.8. The zero-order valence-corrected chi connectivity index (χ0v) is 10.8. The summed E-state index contributed by atoms with van der Waals surface area (Å²) in [7, 11) is 3.26. The van der Waals surface area contributed by atoms with Crippen molar-refractivity contribution in [2.45, 2.75) is 19.9 Å². The molecule has 0 saturated carbocycles. The van der Waals surface area contributed by atoms with Crippen LogP contribution in [0.15, 0.2) is 6.20 Å². The Labute approximate surface area is 105 Å². The van der Waals surface area contributed by atoms with Crippen molar-refractivity contribution < 1.29 is 14.7 Å². The van der Waals surface area contributed by atoms with Crippen LogP contribution in [0.5, 0.6) is 0 Å². The lowest BCUT2D eigenvalue weighted by Crippen LogP contribution is -2.37. The first-order chi connectivity index (χ1) is 8.32. The molecule has 1 aromatic rings. The Balaban J connectivity index is 2.99. The molecular formula is C11H16N4O3. The third kappa shape index (κ3) is 3.16. The molecular weight excluding hydrogens is 236 g/mol. The number of nitrogens with one attached hydrogen (secondary N) is 1. The first kappa shape index (κ1) is 13.9. The Morgan fingerprint density at radius 2 is 2.06 bits per heavy atom. The molecule has 1 atom stereocenters. The van der Waals surface area contributed by atoms with Crippen molar-refractivity contribution in [3.05, 3.63) is 17.6 Å². The van der Waals surface area contributed by atoms with Gasteiger partial charge in [0.25, 0.3) is 0 Å². The van der Waals surface area contributed by atoms with Crippen molar-refractivity contribution in [3.8, 4) is 0 Å². The number of hydrogen-bond donors (Lipinski definition) is 2. The predicted octanol–water partition coefficient (Wildman–Crippen LogP) is 0.372. The maximum absolute atomic E-state index is 11.7. The van der Waals surface area contributed by atoms with Crippen LogP contribution in [-0.4, -0.2) is 52.0 Å². The lowest BCUT2D eigenvalue weighted by atomic mass is 10.2. The topological polar surface area (TPSA) is 95.4 Å². The van der Waals surface area contributed by atoms with Gasteiger partial charge in [0.05, 0.1) is 0 Å². The summed E-state index contributed by atoms with van der Waals surface area (Å²) in [5, 5.41) is 11.8. The molecule has 1 amide bonds. The Kier molecular flexibility index (Phi) is 4.19. The maximum Gasteiger partial charge on any atom is 0.341 e. The summed E-state index contributed by atoms with van der Waals surface area (Å²) in [6.07, 6.45) is 1.22. The van der Waals surface area contributed by atoms with E-state index < -0.39 is 12.0 Å². The van der Waals surface area contributed by atoms with E-state index in [4.69, 9.17) is 5.11 Å². The molecule has 0 spiro atoms. The van der Waals surface area contributed by atoms with Gasteiger partial charge in [-0.25, -0.2) is 14.8 Å². The van der Waals surface area contributed by atoms with E-state index in [1.165, 1.54) is 11.1 Å². The highest BCUT2D eigenvalue weighted by molar-refractivity contribution is 5.94. The predicted molar refractivity (Wildman–Crippen MR) is 65.5 cm³/mol. The van der Waals surface area contributed by atoms with Gasteiger partial charge in [0, 0.05) is 20.3 Å². The summed E-state index contributed by atoms with van der Waals surface area (Å²) in [6, 6.07) is -0.563. The zero-order chi connectivity index (χ0) is 13.9. The van der Waals surface area contributed by atoms with Crippen LogP contribution < -0.4 is 5.32 Å². The highest BCUT2D eigenvalue weighted by Crippen LogP contribution is 2.13. The van der Waals surface area contributed by atoms with Gasteiger partial charge >= 0.3 is 5.97 Å². The number of likely N-dealkylation sites (N-methyl/N-ethyl adjacent to an activating group) is 1. The lowest BCUT2D eigenvalue weighted by molar-refractivity contribution is -0.129. The number of carbonyl (C=O) groups excluding carboxylic acids is 1. The minimum absolute atomic E-state index is 0.0565. The molecule has 0 radical (unpaired) electrons. The normalized spacial score (nSPS) is 11.8. The second kappa shape index (κ2) is 5.44. The minimum atomic E-state index is -1.14. The number of carboxylic acid groups (broad SMARTS) is 1. The number of aromatic carboxylic acids is 1. The van der Waals surface area contributed by atoms with Crippen molar-refractivity contribution in [2.75, 3.05) is 19.4 Å². The van der Waals surface area contributed by atoms with Crippen molar-refractivity contribution in [1.82, 2.24) is 14.9 Å². The highest BCUT2D eigenvalue weighted by Gasteiger charge is 2.19. The summed E-state index contributed by atoms with van der Waals surface area (Å²) in [5.74, 6) is -0.714. The fourth-order valence-electron chi connectivity index (χ4n) is 1.39. The van der Waals surface area contributed by atoms with Gasteiger partial charge in [0.15, 0.2) is 0 Å². The summed E-state index contributed by atoms with van der Waals surface area (Å²) in [5.41, 5.74) is -0.0565. The SMILES string of the molecule is Cc1ncc(C(=O)O)c(NC(C)C(=O)N(C)C)n1.